The molecule has 46 heavy (non-hydrogen) atoms. The number of benzene rings is 3. The third kappa shape index (κ3) is 8.12. The molecular weight excluding hydrogens is 612 g/mol. The third-order valence-electron chi connectivity index (χ3n) is 9.94. The molecule has 2 fully saturated rings. The number of unbranched alkanes of at least 4 members (excludes halogenated alkanes) is 2. The molecule has 0 saturated heterocycles. The molecule has 0 unspecified atom stereocenters. The minimum absolute atomic E-state index is 0.0384. The Balaban J connectivity index is 1.11. The van der Waals surface area contributed by atoms with Gasteiger partial charge < -0.3 is 4.74 Å². The Kier molecular flexibility index (Phi) is 10.8. The first-order valence-corrected chi connectivity index (χ1v) is 16.4. The molecule has 1 nitrogen and oxygen atoms in total. The molecule has 2 aliphatic carbocycles. The zero-order valence-electron chi connectivity index (χ0n) is 25.9. The molecule has 2 saturated carbocycles. The molecule has 2 aliphatic rings. The molecule has 0 amide bonds. The van der Waals surface area contributed by atoms with Gasteiger partial charge in [-0.05, 0) is 129 Å². The highest BCUT2D eigenvalue weighted by molar-refractivity contribution is 5.65. The van der Waals surface area contributed by atoms with E-state index >= 15 is 4.39 Å². The van der Waals surface area contributed by atoms with Crippen LogP contribution in [0.4, 0.5) is 35.1 Å². The van der Waals surface area contributed by atoms with Crippen molar-refractivity contribution in [2.75, 3.05) is 0 Å². The Morgan fingerprint density at radius 3 is 1.87 bits per heavy atom. The second kappa shape index (κ2) is 14.4. The van der Waals surface area contributed by atoms with Crippen LogP contribution in [0.2, 0.25) is 0 Å². The second-order valence-electron chi connectivity index (χ2n) is 13.0. The first-order chi connectivity index (χ1) is 21.9. The SMILES string of the molecule is CCCCCc1ccc(C(F)(F)OC2CCC(C3CCC(c4ccc(-c5ccc(C(F)(F)F)c(F)c5)c(F)c4)CC3)CC2)c(F)c1. The highest BCUT2D eigenvalue weighted by Gasteiger charge is 2.41. The van der Waals surface area contributed by atoms with Crippen molar-refractivity contribution >= 4 is 0 Å². The summed E-state index contributed by atoms with van der Waals surface area (Å²) in [6, 6.07) is 10.9. The predicted molar refractivity (Wildman–Crippen MR) is 162 cm³/mol. The highest BCUT2D eigenvalue weighted by atomic mass is 19.4. The van der Waals surface area contributed by atoms with Crippen LogP contribution in [0.15, 0.2) is 54.6 Å². The third-order valence-corrected chi connectivity index (χ3v) is 9.94. The van der Waals surface area contributed by atoms with Crippen LogP contribution in [0.25, 0.3) is 11.1 Å². The molecule has 0 atom stereocenters. The summed E-state index contributed by atoms with van der Waals surface area (Å²) in [5.74, 6) is -2.07. The maximum absolute atomic E-state index is 15.1. The van der Waals surface area contributed by atoms with Gasteiger partial charge in [0.25, 0.3) is 0 Å². The number of hydrogen-bond acceptors (Lipinski definition) is 1. The lowest BCUT2D eigenvalue weighted by Gasteiger charge is -2.38. The molecule has 3 aromatic carbocycles. The minimum Gasteiger partial charge on any atom is -0.313 e. The lowest BCUT2D eigenvalue weighted by molar-refractivity contribution is -0.279. The quantitative estimate of drug-likeness (QED) is 0.156. The van der Waals surface area contributed by atoms with E-state index in [0.29, 0.717) is 48.8 Å². The van der Waals surface area contributed by atoms with Crippen LogP contribution < -0.4 is 0 Å². The lowest BCUT2D eigenvalue weighted by Crippen LogP contribution is -2.32. The summed E-state index contributed by atoms with van der Waals surface area (Å²) in [5, 5.41) is 0. The van der Waals surface area contributed by atoms with Crippen molar-refractivity contribution in [3.63, 3.8) is 0 Å². The van der Waals surface area contributed by atoms with Gasteiger partial charge in [-0.2, -0.15) is 22.0 Å². The van der Waals surface area contributed by atoms with E-state index in [0.717, 1.165) is 75.5 Å². The van der Waals surface area contributed by atoms with Gasteiger partial charge in [-0.25, -0.2) is 13.2 Å². The van der Waals surface area contributed by atoms with E-state index in [4.69, 9.17) is 4.74 Å². The first-order valence-electron chi connectivity index (χ1n) is 16.4. The van der Waals surface area contributed by atoms with Gasteiger partial charge in [-0.1, -0.05) is 44.0 Å². The van der Waals surface area contributed by atoms with E-state index in [1.165, 1.54) is 18.2 Å². The van der Waals surface area contributed by atoms with Gasteiger partial charge in [-0.15, -0.1) is 0 Å². The Labute approximate surface area is 265 Å². The molecule has 0 aromatic heterocycles. The summed E-state index contributed by atoms with van der Waals surface area (Å²) in [6.45, 7) is 2.07. The van der Waals surface area contributed by atoms with Crippen molar-refractivity contribution in [2.24, 2.45) is 11.8 Å². The molecule has 0 spiro atoms. The summed E-state index contributed by atoms with van der Waals surface area (Å²) in [5.41, 5.74) is -0.528. The van der Waals surface area contributed by atoms with Crippen LogP contribution in [-0.4, -0.2) is 6.10 Å². The summed E-state index contributed by atoms with van der Waals surface area (Å²) in [6.07, 6.45) is 0.355. The number of aryl methyl sites for hydroxylation is 1. The Hall–Kier alpha value is -2.94. The average molecular weight is 653 g/mol. The largest absolute Gasteiger partial charge is 0.419 e. The molecule has 250 valence electrons. The number of halogens is 8. The predicted octanol–water partition coefficient (Wildman–Crippen LogP) is 12.1. The number of hydrogen-bond donors (Lipinski definition) is 0. The summed E-state index contributed by atoms with van der Waals surface area (Å²) in [7, 11) is 0. The summed E-state index contributed by atoms with van der Waals surface area (Å²) < 4.78 is 118. The first kappa shape index (κ1) is 34.4. The van der Waals surface area contributed by atoms with Crippen LogP contribution in [0.5, 0.6) is 0 Å². The number of rotatable bonds is 10. The average Bonchev–Trinajstić information content (AvgIpc) is 3.01. The highest BCUT2D eigenvalue weighted by Crippen LogP contribution is 2.45. The standard InChI is InChI=1S/C37H40F8O/c1-2-3-4-5-23-6-18-32(34(39)20-23)37(44,45)46-29-15-11-25(12-16-29)24-7-9-26(10-8-24)27-13-17-30(33(38)21-27)28-14-19-31(35(40)22-28)36(41,42)43/h6,13-14,17-22,24-26,29H,2-5,7-12,15-16H2,1H3. The molecular formula is C37H40F8O. The molecule has 0 N–H and O–H groups in total. The monoisotopic (exact) mass is 652 g/mol. The van der Waals surface area contributed by atoms with Gasteiger partial charge in [0.1, 0.15) is 17.5 Å². The summed E-state index contributed by atoms with van der Waals surface area (Å²) >= 11 is 0. The van der Waals surface area contributed by atoms with Crippen molar-refractivity contribution in [2.45, 2.75) is 108 Å². The molecule has 0 bridgehead atoms. The molecule has 0 radical (unpaired) electrons. The Morgan fingerprint density at radius 2 is 1.28 bits per heavy atom. The van der Waals surface area contributed by atoms with Crippen molar-refractivity contribution in [3.05, 3.63) is 94.3 Å². The van der Waals surface area contributed by atoms with E-state index in [1.807, 2.05) is 0 Å². The fraction of sp³-hybridized carbons (Fsp3) is 0.514. The molecule has 5 rings (SSSR count). The number of alkyl halides is 5. The van der Waals surface area contributed by atoms with Gasteiger partial charge >= 0.3 is 12.3 Å². The molecule has 9 heteroatoms. The van der Waals surface area contributed by atoms with Crippen molar-refractivity contribution < 1.29 is 39.9 Å². The van der Waals surface area contributed by atoms with Crippen LogP contribution in [-0.2, 0) is 23.4 Å². The fourth-order valence-electron chi connectivity index (χ4n) is 7.34. The van der Waals surface area contributed by atoms with Crippen molar-refractivity contribution in [1.29, 1.82) is 0 Å². The van der Waals surface area contributed by atoms with Crippen molar-refractivity contribution in [3.8, 4) is 11.1 Å². The van der Waals surface area contributed by atoms with E-state index in [2.05, 4.69) is 6.92 Å². The lowest BCUT2D eigenvalue weighted by atomic mass is 9.69. The molecule has 3 aromatic rings. The minimum atomic E-state index is -4.83. The zero-order chi connectivity index (χ0) is 33.1. The smallest absolute Gasteiger partial charge is 0.313 e. The zero-order valence-corrected chi connectivity index (χ0v) is 25.9. The Bertz CT molecular complexity index is 1470. The van der Waals surface area contributed by atoms with E-state index in [-0.39, 0.29) is 17.0 Å². The van der Waals surface area contributed by atoms with Crippen LogP contribution in [0, 0.1) is 29.3 Å². The molecule has 0 heterocycles. The maximum atomic E-state index is 15.1. The van der Waals surface area contributed by atoms with Crippen LogP contribution in [0.1, 0.15) is 106 Å². The van der Waals surface area contributed by atoms with Gasteiger partial charge in [0.2, 0.25) is 0 Å². The normalized spacial score (nSPS) is 22.6. The number of ether oxygens (including phenoxy) is 1. The van der Waals surface area contributed by atoms with Crippen LogP contribution >= 0.6 is 0 Å². The molecule has 0 aliphatic heterocycles. The summed E-state index contributed by atoms with van der Waals surface area (Å²) in [4.78, 5) is 0. The maximum Gasteiger partial charge on any atom is 0.419 e. The van der Waals surface area contributed by atoms with Gasteiger partial charge in [0.15, 0.2) is 0 Å². The van der Waals surface area contributed by atoms with Crippen LogP contribution in [0.3, 0.4) is 0 Å². The topological polar surface area (TPSA) is 9.23 Å². The van der Waals surface area contributed by atoms with Gasteiger partial charge in [0, 0.05) is 5.56 Å². The van der Waals surface area contributed by atoms with E-state index in [1.54, 1.807) is 12.1 Å². The van der Waals surface area contributed by atoms with Crippen molar-refractivity contribution in [1.82, 2.24) is 0 Å². The fourth-order valence-corrected chi connectivity index (χ4v) is 7.34. The Morgan fingerprint density at radius 1 is 0.652 bits per heavy atom. The van der Waals surface area contributed by atoms with Gasteiger partial charge in [-0.3, -0.25) is 0 Å². The van der Waals surface area contributed by atoms with E-state index < -0.39 is 47.0 Å². The van der Waals surface area contributed by atoms with E-state index in [9.17, 15) is 30.7 Å². The second-order valence-corrected chi connectivity index (χ2v) is 13.0. The van der Waals surface area contributed by atoms with Gasteiger partial charge in [0.05, 0.1) is 17.2 Å².